The standard InChI is InChI=1S/C38H43N3O4/c1-38(2,3)45-37(42)40-22-19-33(20-23-40)41-21-18-30-14-15-31(24-32(30)25-41)34-16-17-35(43-26-28-10-6-4-7-11-28)39-36(34)44-27-29-12-8-5-9-13-29/h4-17,24,33H,18-23,25-27H2,1-3H3. The van der Waals surface area contributed by atoms with Crippen molar-refractivity contribution in [3.8, 4) is 22.9 Å². The topological polar surface area (TPSA) is 64.1 Å². The minimum atomic E-state index is -0.473. The number of nitrogens with zero attached hydrogens (tertiary/aromatic N) is 3. The molecule has 1 amide bonds. The van der Waals surface area contributed by atoms with E-state index in [1.807, 2.05) is 80.3 Å². The number of amides is 1. The van der Waals surface area contributed by atoms with Crippen molar-refractivity contribution < 1.29 is 19.0 Å². The average Bonchev–Trinajstić information content (AvgIpc) is 3.06. The lowest BCUT2D eigenvalue weighted by Gasteiger charge is -2.41. The Bertz CT molecular complexity index is 1580. The Morgan fingerprint density at radius 3 is 2.13 bits per heavy atom. The van der Waals surface area contributed by atoms with E-state index in [2.05, 4.69) is 41.3 Å². The Kier molecular flexibility index (Phi) is 9.36. The summed E-state index contributed by atoms with van der Waals surface area (Å²) in [6.45, 7) is 10.0. The predicted molar refractivity (Wildman–Crippen MR) is 176 cm³/mol. The van der Waals surface area contributed by atoms with Crippen LogP contribution in [-0.4, -0.2) is 52.2 Å². The van der Waals surface area contributed by atoms with E-state index < -0.39 is 5.60 Å². The second kappa shape index (κ2) is 13.7. The van der Waals surface area contributed by atoms with Crippen LogP contribution in [0.15, 0.2) is 91.0 Å². The van der Waals surface area contributed by atoms with Crippen LogP contribution in [0.1, 0.15) is 55.9 Å². The number of benzene rings is 3. The maximum absolute atomic E-state index is 12.6. The van der Waals surface area contributed by atoms with Gasteiger partial charge in [-0.2, -0.15) is 4.98 Å². The number of carbonyl (C=O) groups is 1. The summed E-state index contributed by atoms with van der Waals surface area (Å²) in [6, 6.07) is 31.4. The van der Waals surface area contributed by atoms with Gasteiger partial charge in [-0.3, -0.25) is 4.90 Å². The Balaban J connectivity index is 1.17. The minimum Gasteiger partial charge on any atom is -0.473 e. The van der Waals surface area contributed by atoms with Gasteiger partial charge < -0.3 is 19.1 Å². The molecule has 2 aliphatic heterocycles. The van der Waals surface area contributed by atoms with Crippen LogP contribution in [0.2, 0.25) is 0 Å². The molecule has 234 valence electrons. The van der Waals surface area contributed by atoms with Crippen molar-refractivity contribution in [2.75, 3.05) is 19.6 Å². The first-order valence-corrected chi connectivity index (χ1v) is 16.0. The highest BCUT2D eigenvalue weighted by atomic mass is 16.6. The van der Waals surface area contributed by atoms with Gasteiger partial charge in [0, 0.05) is 43.9 Å². The third-order valence-electron chi connectivity index (χ3n) is 8.47. The predicted octanol–water partition coefficient (Wildman–Crippen LogP) is 7.66. The lowest BCUT2D eigenvalue weighted by atomic mass is 9.92. The van der Waals surface area contributed by atoms with E-state index in [-0.39, 0.29) is 6.09 Å². The van der Waals surface area contributed by atoms with Crippen LogP contribution < -0.4 is 9.47 Å². The van der Waals surface area contributed by atoms with Gasteiger partial charge in [0.25, 0.3) is 0 Å². The van der Waals surface area contributed by atoms with Crippen molar-refractivity contribution >= 4 is 6.09 Å². The van der Waals surface area contributed by atoms with Gasteiger partial charge in [0.05, 0.1) is 0 Å². The highest BCUT2D eigenvalue weighted by molar-refractivity contribution is 5.70. The molecule has 3 aromatic carbocycles. The van der Waals surface area contributed by atoms with E-state index in [0.29, 0.717) is 31.0 Å². The number of carbonyl (C=O) groups excluding carboxylic acids is 1. The zero-order valence-electron chi connectivity index (χ0n) is 26.6. The molecule has 0 aliphatic carbocycles. The van der Waals surface area contributed by atoms with Crippen molar-refractivity contribution in [1.82, 2.24) is 14.8 Å². The van der Waals surface area contributed by atoms with E-state index in [1.165, 1.54) is 11.1 Å². The fourth-order valence-corrected chi connectivity index (χ4v) is 6.09. The third-order valence-corrected chi connectivity index (χ3v) is 8.47. The molecule has 7 nitrogen and oxygen atoms in total. The highest BCUT2D eigenvalue weighted by Gasteiger charge is 2.31. The summed E-state index contributed by atoms with van der Waals surface area (Å²) < 4.78 is 18.0. The van der Waals surface area contributed by atoms with E-state index in [9.17, 15) is 4.79 Å². The van der Waals surface area contributed by atoms with Crippen LogP contribution in [0, 0.1) is 0 Å². The Labute approximate surface area is 266 Å². The smallest absolute Gasteiger partial charge is 0.410 e. The summed E-state index contributed by atoms with van der Waals surface area (Å²) >= 11 is 0. The Morgan fingerprint density at radius 1 is 0.800 bits per heavy atom. The fourth-order valence-electron chi connectivity index (χ4n) is 6.09. The number of likely N-dealkylation sites (tertiary alicyclic amines) is 1. The number of ether oxygens (including phenoxy) is 3. The second-order valence-electron chi connectivity index (χ2n) is 13.0. The van der Waals surface area contributed by atoms with Gasteiger partial charge in [-0.1, -0.05) is 72.8 Å². The number of piperidine rings is 1. The van der Waals surface area contributed by atoms with Crippen LogP contribution in [0.25, 0.3) is 11.1 Å². The minimum absolute atomic E-state index is 0.204. The van der Waals surface area contributed by atoms with Crippen LogP contribution in [0.4, 0.5) is 4.79 Å². The summed E-state index contributed by atoms with van der Waals surface area (Å²) in [4.78, 5) is 21.8. The highest BCUT2D eigenvalue weighted by Crippen LogP contribution is 2.35. The quantitative estimate of drug-likeness (QED) is 0.205. The van der Waals surface area contributed by atoms with Gasteiger partial charge in [0.15, 0.2) is 0 Å². The zero-order valence-corrected chi connectivity index (χ0v) is 26.6. The van der Waals surface area contributed by atoms with Crippen molar-refractivity contribution in [1.29, 1.82) is 0 Å². The Morgan fingerprint density at radius 2 is 1.47 bits per heavy atom. The zero-order chi connectivity index (χ0) is 31.2. The number of hydrogen-bond donors (Lipinski definition) is 0. The Hall–Kier alpha value is -4.36. The summed E-state index contributed by atoms with van der Waals surface area (Å²) in [5.41, 5.74) is 6.46. The first-order chi connectivity index (χ1) is 21.8. The summed E-state index contributed by atoms with van der Waals surface area (Å²) in [7, 11) is 0. The lowest BCUT2D eigenvalue weighted by Crippen LogP contribution is -2.49. The van der Waals surface area contributed by atoms with Gasteiger partial charge in [0.2, 0.25) is 11.8 Å². The molecule has 0 atom stereocenters. The molecule has 0 saturated carbocycles. The average molecular weight is 606 g/mol. The van der Waals surface area contributed by atoms with Crippen LogP contribution in [0.5, 0.6) is 11.8 Å². The third kappa shape index (κ3) is 8.03. The van der Waals surface area contributed by atoms with E-state index >= 15 is 0 Å². The molecular formula is C38H43N3O4. The molecule has 7 heteroatoms. The number of fused-ring (bicyclic) bond motifs is 1. The first kappa shape index (κ1) is 30.7. The SMILES string of the molecule is CC(C)(C)OC(=O)N1CCC(N2CCc3ccc(-c4ccc(OCc5ccccc5)nc4OCc4ccccc4)cc3C2)CC1. The van der Waals surface area contributed by atoms with Gasteiger partial charge in [-0.15, -0.1) is 0 Å². The van der Waals surface area contributed by atoms with Crippen molar-refractivity contribution in [3.63, 3.8) is 0 Å². The number of aromatic nitrogens is 1. The first-order valence-electron chi connectivity index (χ1n) is 16.0. The molecule has 1 aromatic heterocycles. The summed E-state index contributed by atoms with van der Waals surface area (Å²) in [5, 5.41) is 0. The summed E-state index contributed by atoms with van der Waals surface area (Å²) in [5.74, 6) is 1.10. The maximum Gasteiger partial charge on any atom is 0.410 e. The molecule has 0 radical (unpaired) electrons. The molecule has 3 heterocycles. The van der Waals surface area contributed by atoms with E-state index in [1.54, 1.807) is 0 Å². The van der Waals surface area contributed by atoms with Crippen LogP contribution in [0.3, 0.4) is 0 Å². The molecule has 6 rings (SSSR count). The van der Waals surface area contributed by atoms with Gasteiger partial charge >= 0.3 is 6.09 Å². The number of hydrogen-bond acceptors (Lipinski definition) is 6. The monoisotopic (exact) mass is 605 g/mol. The molecule has 4 aromatic rings. The van der Waals surface area contributed by atoms with Gasteiger partial charge in [0.1, 0.15) is 18.8 Å². The van der Waals surface area contributed by atoms with Crippen molar-refractivity contribution in [2.24, 2.45) is 0 Å². The summed E-state index contributed by atoms with van der Waals surface area (Å²) in [6.07, 6.45) is 2.73. The molecule has 0 bridgehead atoms. The van der Waals surface area contributed by atoms with E-state index in [4.69, 9.17) is 19.2 Å². The van der Waals surface area contributed by atoms with Crippen LogP contribution in [-0.2, 0) is 30.9 Å². The number of rotatable bonds is 8. The second-order valence-corrected chi connectivity index (χ2v) is 13.0. The molecular weight excluding hydrogens is 562 g/mol. The van der Waals surface area contributed by atoms with Crippen molar-refractivity contribution in [2.45, 2.75) is 71.4 Å². The van der Waals surface area contributed by atoms with E-state index in [0.717, 1.165) is 67.7 Å². The maximum atomic E-state index is 12.6. The molecule has 0 spiro atoms. The van der Waals surface area contributed by atoms with Crippen molar-refractivity contribution in [3.05, 3.63) is 113 Å². The lowest BCUT2D eigenvalue weighted by molar-refractivity contribution is 0.0134. The molecule has 0 N–H and O–H groups in total. The van der Waals surface area contributed by atoms with Gasteiger partial charge in [-0.05, 0) is 80.0 Å². The molecule has 1 saturated heterocycles. The molecule has 1 fully saturated rings. The van der Waals surface area contributed by atoms with Crippen LogP contribution >= 0.6 is 0 Å². The van der Waals surface area contributed by atoms with Gasteiger partial charge in [-0.25, -0.2) is 4.79 Å². The normalized spacial score (nSPS) is 15.8. The fraction of sp³-hybridized carbons (Fsp3) is 0.368. The largest absolute Gasteiger partial charge is 0.473 e. The number of pyridine rings is 1. The molecule has 45 heavy (non-hydrogen) atoms. The molecule has 0 unspecified atom stereocenters. The molecule has 2 aliphatic rings.